The second-order valence-electron chi connectivity index (χ2n) is 10.2. The largest absolute Gasteiger partial charge is 0.497 e. The molecule has 1 amide bonds. The molecule has 6 rings (SSSR count). The van der Waals surface area contributed by atoms with Crippen LogP contribution in [-0.4, -0.2) is 30.2 Å². The number of furan rings is 1. The average Bonchev–Trinajstić information content (AvgIpc) is 3.65. The Morgan fingerprint density at radius 2 is 1.82 bits per heavy atom. The molecule has 1 atom stereocenters. The van der Waals surface area contributed by atoms with Gasteiger partial charge in [-0.25, -0.2) is 9.79 Å². The first-order valence-corrected chi connectivity index (χ1v) is 15.1. The number of anilines is 1. The highest BCUT2D eigenvalue weighted by Gasteiger charge is 2.33. The van der Waals surface area contributed by atoms with Crippen LogP contribution in [0.3, 0.4) is 0 Å². The van der Waals surface area contributed by atoms with Gasteiger partial charge < -0.3 is 19.2 Å². The predicted molar refractivity (Wildman–Crippen MR) is 172 cm³/mol. The van der Waals surface area contributed by atoms with Crippen molar-refractivity contribution in [3.63, 3.8) is 0 Å². The van der Waals surface area contributed by atoms with Gasteiger partial charge in [0.15, 0.2) is 4.80 Å². The fourth-order valence-corrected chi connectivity index (χ4v) is 6.21. The molecule has 9 nitrogen and oxygen atoms in total. The van der Waals surface area contributed by atoms with E-state index >= 15 is 0 Å². The zero-order valence-electron chi connectivity index (χ0n) is 24.8. The number of methoxy groups -OCH3 is 1. The van der Waals surface area contributed by atoms with Gasteiger partial charge in [-0.2, -0.15) is 0 Å². The molecule has 2 aromatic heterocycles. The van der Waals surface area contributed by atoms with E-state index in [4.69, 9.17) is 18.9 Å². The van der Waals surface area contributed by atoms with Crippen LogP contribution in [0.4, 0.5) is 5.69 Å². The minimum Gasteiger partial charge on any atom is -0.497 e. The van der Waals surface area contributed by atoms with Gasteiger partial charge in [0.05, 0.1) is 41.1 Å². The quantitative estimate of drug-likeness (QED) is 0.236. The molecule has 0 spiro atoms. The zero-order chi connectivity index (χ0) is 31.5. The smallest absolute Gasteiger partial charge is 0.338 e. The number of nitrogens with zero attached hydrogens (tertiary/aromatic N) is 2. The van der Waals surface area contributed by atoms with E-state index in [2.05, 4.69) is 5.32 Å². The van der Waals surface area contributed by atoms with Crippen LogP contribution in [0.25, 0.3) is 17.4 Å². The van der Waals surface area contributed by atoms with E-state index in [-0.39, 0.29) is 18.1 Å². The zero-order valence-corrected chi connectivity index (χ0v) is 25.6. The first kappa shape index (κ1) is 29.6. The minimum absolute atomic E-state index is 0.280. The van der Waals surface area contributed by atoms with E-state index in [1.165, 1.54) is 11.3 Å². The number of esters is 1. The number of hydrogen-bond acceptors (Lipinski definition) is 8. The van der Waals surface area contributed by atoms with Gasteiger partial charge in [0.1, 0.15) is 17.3 Å². The van der Waals surface area contributed by atoms with Gasteiger partial charge in [-0.05, 0) is 67.9 Å². The summed E-state index contributed by atoms with van der Waals surface area (Å²) in [5, 5.41) is 2.95. The number of allylic oxidation sites excluding steroid dienone is 1. The first-order valence-electron chi connectivity index (χ1n) is 14.3. The number of carbonyl (C=O) groups excluding carboxylic acids is 2. The van der Waals surface area contributed by atoms with Crippen molar-refractivity contribution < 1.29 is 23.5 Å². The second kappa shape index (κ2) is 12.6. The van der Waals surface area contributed by atoms with Crippen molar-refractivity contribution in [1.82, 2.24) is 4.57 Å². The number of rotatable bonds is 8. The fraction of sp³-hybridized carbons (Fsp3) is 0.143. The normalized spacial score (nSPS) is 14.5. The molecule has 10 heteroatoms. The van der Waals surface area contributed by atoms with Crippen molar-refractivity contribution in [1.29, 1.82) is 0 Å². The van der Waals surface area contributed by atoms with E-state index < -0.39 is 12.0 Å². The molecule has 1 unspecified atom stereocenters. The SMILES string of the molecule is CCOC(=O)c1cccc(-c2ccc(/C=c3\sc4n(c3=O)C(c3cccc(OC)c3)C(C(=O)Nc3ccccc3)=C(C)N=4)o2)c1. The van der Waals surface area contributed by atoms with Crippen LogP contribution in [0.1, 0.15) is 41.6 Å². The standard InChI is InChI=1S/C35H29N3O6S/c1-4-43-34(41)24-12-8-10-22(18-24)28-17-16-27(44-28)20-29-33(40)38-31(23-11-9-15-26(19-23)42-3)30(21(2)36-35(38)45-29)32(39)37-25-13-6-5-7-14-25/h5-20,31H,4H2,1-3H3,(H,37,39)/b29-20-. The summed E-state index contributed by atoms with van der Waals surface area (Å²) in [6.45, 7) is 3.81. The predicted octanol–water partition coefficient (Wildman–Crippen LogP) is 5.32. The van der Waals surface area contributed by atoms with Crippen LogP contribution in [-0.2, 0) is 9.53 Å². The molecule has 5 aromatic rings. The number of fused-ring (bicyclic) bond motifs is 1. The second-order valence-corrected chi connectivity index (χ2v) is 11.2. The number of thiazole rings is 1. The molecule has 1 N–H and O–H groups in total. The summed E-state index contributed by atoms with van der Waals surface area (Å²) in [5.41, 5.74) is 3.00. The number of amides is 1. The summed E-state index contributed by atoms with van der Waals surface area (Å²) >= 11 is 1.21. The summed E-state index contributed by atoms with van der Waals surface area (Å²) in [6.07, 6.45) is 1.66. The number of aromatic nitrogens is 1. The summed E-state index contributed by atoms with van der Waals surface area (Å²) in [5.74, 6) is 0.815. The Bertz CT molecular complexity index is 2120. The lowest BCUT2D eigenvalue weighted by molar-refractivity contribution is -0.113. The Balaban J connectivity index is 1.41. The lowest BCUT2D eigenvalue weighted by Gasteiger charge is -2.25. The summed E-state index contributed by atoms with van der Waals surface area (Å²) in [4.78, 5) is 45.2. The maximum absolute atomic E-state index is 14.1. The van der Waals surface area contributed by atoms with Crippen molar-refractivity contribution in [2.24, 2.45) is 4.99 Å². The van der Waals surface area contributed by atoms with Crippen LogP contribution in [0, 0.1) is 0 Å². The molecule has 1 aliphatic rings. The topological polar surface area (TPSA) is 112 Å². The monoisotopic (exact) mass is 619 g/mol. The van der Waals surface area contributed by atoms with Crippen LogP contribution in [0.2, 0.25) is 0 Å². The molecule has 45 heavy (non-hydrogen) atoms. The molecule has 0 bridgehead atoms. The number of para-hydroxylation sites is 1. The first-order chi connectivity index (χ1) is 21.9. The van der Waals surface area contributed by atoms with Crippen molar-refractivity contribution in [2.75, 3.05) is 19.0 Å². The number of benzene rings is 3. The minimum atomic E-state index is -0.750. The summed E-state index contributed by atoms with van der Waals surface area (Å²) < 4.78 is 18.6. The third kappa shape index (κ3) is 6.00. The van der Waals surface area contributed by atoms with Crippen molar-refractivity contribution >= 4 is 35.0 Å². The maximum atomic E-state index is 14.1. The molecular weight excluding hydrogens is 590 g/mol. The van der Waals surface area contributed by atoms with E-state index in [9.17, 15) is 14.4 Å². The van der Waals surface area contributed by atoms with Gasteiger partial charge in [0, 0.05) is 17.3 Å². The maximum Gasteiger partial charge on any atom is 0.338 e. The Morgan fingerprint density at radius 1 is 1.02 bits per heavy atom. The third-order valence-electron chi connectivity index (χ3n) is 7.27. The number of carbonyl (C=O) groups is 2. The van der Waals surface area contributed by atoms with E-state index in [0.717, 1.165) is 0 Å². The third-order valence-corrected chi connectivity index (χ3v) is 8.25. The van der Waals surface area contributed by atoms with Crippen molar-refractivity contribution in [3.8, 4) is 17.1 Å². The highest BCUT2D eigenvalue weighted by atomic mass is 32.1. The molecular formula is C35H29N3O6S. The molecule has 0 saturated heterocycles. The Kier molecular flexibility index (Phi) is 8.30. The van der Waals surface area contributed by atoms with Gasteiger partial charge in [-0.15, -0.1) is 0 Å². The molecule has 0 saturated carbocycles. The lowest BCUT2D eigenvalue weighted by Crippen LogP contribution is -2.40. The van der Waals surface area contributed by atoms with Gasteiger partial charge in [0.25, 0.3) is 11.5 Å². The Labute approximate surface area is 262 Å². The van der Waals surface area contributed by atoms with E-state index in [1.807, 2.05) is 48.5 Å². The number of hydrogen-bond donors (Lipinski definition) is 1. The highest BCUT2D eigenvalue weighted by molar-refractivity contribution is 7.07. The molecule has 3 heterocycles. The van der Waals surface area contributed by atoms with Crippen LogP contribution >= 0.6 is 11.3 Å². The molecule has 0 radical (unpaired) electrons. The van der Waals surface area contributed by atoms with Gasteiger partial charge in [-0.3, -0.25) is 14.2 Å². The van der Waals surface area contributed by atoms with E-state index in [0.29, 0.717) is 60.3 Å². The van der Waals surface area contributed by atoms with Crippen molar-refractivity contribution in [3.05, 3.63) is 139 Å². The molecule has 0 fully saturated rings. The Hall–Kier alpha value is -5.48. The number of ether oxygens (including phenoxy) is 2. The summed E-state index contributed by atoms with van der Waals surface area (Å²) in [7, 11) is 1.57. The molecule has 3 aromatic carbocycles. The van der Waals surface area contributed by atoms with Gasteiger partial charge in [-0.1, -0.05) is 53.8 Å². The summed E-state index contributed by atoms with van der Waals surface area (Å²) in [6, 6.07) is 26.2. The number of nitrogens with one attached hydrogen (secondary N) is 1. The van der Waals surface area contributed by atoms with Gasteiger partial charge in [0.2, 0.25) is 0 Å². The average molecular weight is 620 g/mol. The lowest BCUT2D eigenvalue weighted by atomic mass is 9.95. The molecule has 226 valence electrons. The van der Waals surface area contributed by atoms with Crippen LogP contribution in [0.15, 0.2) is 116 Å². The van der Waals surface area contributed by atoms with Crippen LogP contribution < -0.4 is 24.9 Å². The highest BCUT2D eigenvalue weighted by Crippen LogP contribution is 2.32. The molecule has 0 aliphatic carbocycles. The Morgan fingerprint density at radius 3 is 2.60 bits per heavy atom. The van der Waals surface area contributed by atoms with E-state index in [1.54, 1.807) is 74.1 Å². The molecule has 1 aliphatic heterocycles. The van der Waals surface area contributed by atoms with Crippen LogP contribution in [0.5, 0.6) is 5.75 Å². The van der Waals surface area contributed by atoms with Crippen molar-refractivity contribution in [2.45, 2.75) is 19.9 Å². The fourth-order valence-electron chi connectivity index (χ4n) is 5.19. The van der Waals surface area contributed by atoms with Gasteiger partial charge >= 0.3 is 5.97 Å².